The Labute approximate surface area is 172 Å². The summed E-state index contributed by atoms with van der Waals surface area (Å²) >= 11 is 0. The van der Waals surface area contributed by atoms with Gasteiger partial charge < -0.3 is 14.8 Å². The number of nitrogens with one attached hydrogen (secondary N) is 1. The molecule has 1 amide bonds. The van der Waals surface area contributed by atoms with Gasteiger partial charge in [-0.3, -0.25) is 4.79 Å². The van der Waals surface area contributed by atoms with Crippen LogP contribution in [0.4, 0.5) is 0 Å². The van der Waals surface area contributed by atoms with Crippen molar-refractivity contribution in [3.05, 3.63) is 101 Å². The van der Waals surface area contributed by atoms with Crippen LogP contribution in [0.3, 0.4) is 0 Å². The molecule has 3 aromatic carbocycles. The third-order valence-corrected chi connectivity index (χ3v) is 4.56. The first kappa shape index (κ1) is 20.6. The predicted molar refractivity (Wildman–Crippen MR) is 115 cm³/mol. The molecule has 0 unspecified atom stereocenters. The van der Waals surface area contributed by atoms with E-state index in [2.05, 4.69) is 11.4 Å². The first-order valence-electron chi connectivity index (χ1n) is 9.76. The van der Waals surface area contributed by atoms with Gasteiger partial charge in [0, 0.05) is 6.54 Å². The fourth-order valence-electron chi connectivity index (χ4n) is 2.95. The number of carbonyl (C=O) groups is 1. The van der Waals surface area contributed by atoms with Crippen LogP contribution in [0.5, 0.6) is 5.75 Å². The van der Waals surface area contributed by atoms with Gasteiger partial charge in [-0.1, -0.05) is 66.7 Å². The first-order valence-corrected chi connectivity index (χ1v) is 9.76. The monoisotopic (exact) mass is 389 g/mol. The number of rotatable bonds is 9. The van der Waals surface area contributed by atoms with Gasteiger partial charge in [-0.15, -0.1) is 0 Å². The van der Waals surface area contributed by atoms with E-state index in [0.717, 1.165) is 33.6 Å². The molecule has 3 rings (SSSR count). The summed E-state index contributed by atoms with van der Waals surface area (Å²) in [6.07, 6.45) is 0. The molecule has 0 aliphatic carbocycles. The van der Waals surface area contributed by atoms with Gasteiger partial charge in [0.05, 0.1) is 13.2 Å². The van der Waals surface area contributed by atoms with Gasteiger partial charge >= 0.3 is 0 Å². The number of hydrogen-bond acceptors (Lipinski definition) is 3. The van der Waals surface area contributed by atoms with Gasteiger partial charge in [0.15, 0.2) is 6.61 Å². The van der Waals surface area contributed by atoms with Crippen LogP contribution in [0.1, 0.15) is 27.8 Å². The summed E-state index contributed by atoms with van der Waals surface area (Å²) in [5.74, 6) is 0.606. The van der Waals surface area contributed by atoms with Crippen molar-refractivity contribution in [1.29, 1.82) is 0 Å². The molecule has 29 heavy (non-hydrogen) atoms. The lowest BCUT2D eigenvalue weighted by Gasteiger charge is -2.11. The van der Waals surface area contributed by atoms with E-state index in [-0.39, 0.29) is 12.5 Å². The minimum absolute atomic E-state index is 0.00414. The highest BCUT2D eigenvalue weighted by atomic mass is 16.5. The van der Waals surface area contributed by atoms with Crippen LogP contribution >= 0.6 is 0 Å². The minimum atomic E-state index is -0.142. The zero-order chi connectivity index (χ0) is 20.5. The van der Waals surface area contributed by atoms with E-state index in [4.69, 9.17) is 9.47 Å². The van der Waals surface area contributed by atoms with E-state index in [0.29, 0.717) is 19.8 Å². The average Bonchev–Trinajstić information content (AvgIpc) is 2.74. The molecule has 1 N–H and O–H groups in total. The molecule has 4 heteroatoms. The van der Waals surface area contributed by atoms with E-state index in [9.17, 15) is 4.79 Å². The van der Waals surface area contributed by atoms with E-state index in [1.54, 1.807) is 0 Å². The summed E-state index contributed by atoms with van der Waals surface area (Å²) in [7, 11) is 0. The van der Waals surface area contributed by atoms with Crippen molar-refractivity contribution >= 4 is 5.91 Å². The molecule has 0 aliphatic heterocycles. The van der Waals surface area contributed by atoms with Crippen molar-refractivity contribution in [2.45, 2.75) is 33.6 Å². The highest BCUT2D eigenvalue weighted by Gasteiger charge is 2.06. The van der Waals surface area contributed by atoms with Crippen LogP contribution in [0, 0.1) is 13.8 Å². The van der Waals surface area contributed by atoms with Crippen molar-refractivity contribution in [2.24, 2.45) is 0 Å². The molecular formula is C25H27NO3. The van der Waals surface area contributed by atoms with Crippen molar-refractivity contribution in [3.63, 3.8) is 0 Å². The fourth-order valence-corrected chi connectivity index (χ4v) is 2.95. The largest absolute Gasteiger partial charge is 0.483 e. The molecule has 0 fully saturated rings. The Morgan fingerprint density at radius 3 is 2.38 bits per heavy atom. The molecule has 0 saturated carbocycles. The summed E-state index contributed by atoms with van der Waals surface area (Å²) in [6.45, 7) is 5.55. The maximum atomic E-state index is 12.1. The van der Waals surface area contributed by atoms with Gasteiger partial charge in [0.25, 0.3) is 5.91 Å². The zero-order valence-electron chi connectivity index (χ0n) is 17.0. The second kappa shape index (κ2) is 10.4. The maximum Gasteiger partial charge on any atom is 0.258 e. The van der Waals surface area contributed by atoms with E-state index >= 15 is 0 Å². The van der Waals surface area contributed by atoms with Crippen LogP contribution < -0.4 is 10.1 Å². The molecule has 0 spiro atoms. The third kappa shape index (κ3) is 6.77. The molecular weight excluding hydrogens is 362 g/mol. The highest BCUT2D eigenvalue weighted by Crippen LogP contribution is 2.18. The van der Waals surface area contributed by atoms with E-state index in [1.165, 1.54) is 0 Å². The Bertz CT molecular complexity index is 938. The van der Waals surface area contributed by atoms with Gasteiger partial charge in [-0.2, -0.15) is 0 Å². The van der Waals surface area contributed by atoms with Crippen molar-refractivity contribution in [3.8, 4) is 5.75 Å². The summed E-state index contributed by atoms with van der Waals surface area (Å²) in [4.78, 5) is 12.1. The zero-order valence-corrected chi connectivity index (χ0v) is 17.0. The second-order valence-electron chi connectivity index (χ2n) is 7.13. The lowest BCUT2D eigenvalue weighted by Crippen LogP contribution is -2.28. The van der Waals surface area contributed by atoms with Gasteiger partial charge in [0.1, 0.15) is 5.75 Å². The fraction of sp³-hybridized carbons (Fsp3) is 0.240. The molecule has 0 aromatic heterocycles. The lowest BCUT2D eigenvalue weighted by molar-refractivity contribution is -0.123. The van der Waals surface area contributed by atoms with E-state index < -0.39 is 0 Å². The molecule has 0 saturated heterocycles. The number of ether oxygens (including phenoxy) is 2. The van der Waals surface area contributed by atoms with Crippen LogP contribution in [-0.2, 0) is 29.3 Å². The molecule has 0 bridgehead atoms. The minimum Gasteiger partial charge on any atom is -0.483 e. The quantitative estimate of drug-likeness (QED) is 0.576. The normalized spacial score (nSPS) is 10.6. The van der Waals surface area contributed by atoms with Crippen molar-refractivity contribution in [1.82, 2.24) is 5.32 Å². The molecule has 0 heterocycles. The SMILES string of the molecule is Cc1ccc(C)c(OCC(=O)NCc2cccc(COCc3ccccc3)c2)c1. The Morgan fingerprint density at radius 1 is 0.828 bits per heavy atom. The molecule has 150 valence electrons. The van der Waals surface area contributed by atoms with Crippen LogP contribution in [-0.4, -0.2) is 12.5 Å². The first-order chi connectivity index (χ1) is 14.1. The van der Waals surface area contributed by atoms with Crippen LogP contribution in [0.15, 0.2) is 72.8 Å². The molecule has 4 nitrogen and oxygen atoms in total. The summed E-state index contributed by atoms with van der Waals surface area (Å²) in [5.41, 5.74) is 5.40. The predicted octanol–water partition coefficient (Wildman–Crippen LogP) is 4.72. The van der Waals surface area contributed by atoms with Crippen molar-refractivity contribution < 1.29 is 14.3 Å². The molecule has 0 radical (unpaired) electrons. The number of benzene rings is 3. The average molecular weight is 389 g/mol. The van der Waals surface area contributed by atoms with Gasteiger partial charge in [0.2, 0.25) is 0 Å². The highest BCUT2D eigenvalue weighted by molar-refractivity contribution is 5.77. The van der Waals surface area contributed by atoms with Gasteiger partial charge in [-0.25, -0.2) is 0 Å². The molecule has 0 atom stereocenters. The van der Waals surface area contributed by atoms with E-state index in [1.807, 2.05) is 80.6 Å². The number of aryl methyl sites for hydroxylation is 2. The van der Waals surface area contributed by atoms with Crippen LogP contribution in [0.25, 0.3) is 0 Å². The number of carbonyl (C=O) groups excluding carboxylic acids is 1. The Balaban J connectivity index is 1.43. The van der Waals surface area contributed by atoms with Gasteiger partial charge in [-0.05, 0) is 47.7 Å². The molecule has 0 aliphatic rings. The topological polar surface area (TPSA) is 47.6 Å². The lowest BCUT2D eigenvalue weighted by atomic mass is 10.1. The smallest absolute Gasteiger partial charge is 0.258 e. The summed E-state index contributed by atoms with van der Waals surface area (Å²) in [6, 6.07) is 24.1. The number of hydrogen-bond donors (Lipinski definition) is 1. The second-order valence-corrected chi connectivity index (χ2v) is 7.13. The summed E-state index contributed by atoms with van der Waals surface area (Å²) in [5, 5.41) is 2.91. The van der Waals surface area contributed by atoms with Crippen LogP contribution in [0.2, 0.25) is 0 Å². The Kier molecular flexibility index (Phi) is 7.42. The molecule has 3 aromatic rings. The standard InChI is InChI=1S/C25H27NO3/c1-19-11-12-20(2)24(13-19)29-18-25(27)26-15-22-9-6-10-23(14-22)17-28-16-21-7-4-3-5-8-21/h3-14H,15-18H2,1-2H3,(H,26,27). The van der Waals surface area contributed by atoms with Crippen molar-refractivity contribution in [2.75, 3.05) is 6.61 Å². The summed E-state index contributed by atoms with van der Waals surface area (Å²) < 4.78 is 11.4. The number of amides is 1. The Morgan fingerprint density at radius 2 is 1.55 bits per heavy atom. The Hall–Kier alpha value is -3.11. The maximum absolute atomic E-state index is 12.1. The third-order valence-electron chi connectivity index (χ3n) is 4.56.